The summed E-state index contributed by atoms with van der Waals surface area (Å²) in [6.45, 7) is 2.22. The van der Waals surface area contributed by atoms with Gasteiger partial charge in [0, 0.05) is 34.1 Å². The van der Waals surface area contributed by atoms with Gasteiger partial charge < -0.3 is 9.64 Å². The number of para-hydroxylation sites is 3. The lowest BCUT2D eigenvalue weighted by atomic mass is 9.72. The predicted molar refractivity (Wildman–Crippen MR) is 175 cm³/mol. The van der Waals surface area contributed by atoms with Gasteiger partial charge in [0.05, 0.1) is 22.3 Å². The van der Waals surface area contributed by atoms with Crippen LogP contribution in [0.25, 0.3) is 33.1 Å². The van der Waals surface area contributed by atoms with E-state index in [4.69, 9.17) is 4.74 Å². The molecule has 3 aromatic heterocycles. The van der Waals surface area contributed by atoms with Crippen molar-refractivity contribution in [1.82, 2.24) is 9.38 Å². The van der Waals surface area contributed by atoms with E-state index in [2.05, 4.69) is 59.3 Å². The minimum absolute atomic E-state index is 0.296. The summed E-state index contributed by atoms with van der Waals surface area (Å²) in [5.74, 6) is 1.56. The van der Waals surface area contributed by atoms with Crippen LogP contribution in [-0.4, -0.2) is 9.38 Å². The third-order valence-corrected chi connectivity index (χ3v) is 9.20. The molecule has 0 N–H and O–H groups in total. The van der Waals surface area contributed by atoms with Crippen molar-refractivity contribution in [3.05, 3.63) is 153 Å². The monoisotopic (exact) mass is 571 g/mol. The highest BCUT2D eigenvalue weighted by molar-refractivity contribution is 5.97. The minimum atomic E-state index is -0.471. The maximum atomic E-state index is 13.7. The van der Waals surface area contributed by atoms with Crippen molar-refractivity contribution in [3.8, 4) is 11.5 Å². The highest BCUT2D eigenvalue weighted by Gasteiger charge is 2.34. The summed E-state index contributed by atoms with van der Waals surface area (Å²) in [5.41, 5.74) is 4.67. The van der Waals surface area contributed by atoms with Gasteiger partial charge in [-0.25, -0.2) is 4.40 Å². The Balaban J connectivity index is 1.32. The number of nitrogens with zero attached hydrogens (tertiary/aromatic N) is 3. The number of hydrogen-bond donors (Lipinski definition) is 0. The summed E-state index contributed by atoms with van der Waals surface area (Å²) in [5, 5.41) is 3.53. The fourth-order valence-electron chi connectivity index (χ4n) is 7.16. The maximum Gasteiger partial charge on any atom is 0.267 e. The van der Waals surface area contributed by atoms with Crippen molar-refractivity contribution in [1.29, 1.82) is 0 Å². The van der Waals surface area contributed by atoms with Crippen LogP contribution < -0.4 is 26.0 Å². The molecule has 0 saturated carbocycles. The Hall–Kier alpha value is -5.75. The van der Waals surface area contributed by atoms with Crippen molar-refractivity contribution in [2.75, 3.05) is 4.90 Å². The van der Waals surface area contributed by atoms with Crippen LogP contribution in [0.3, 0.4) is 0 Å². The Kier molecular flexibility index (Phi) is 5.01. The fourth-order valence-corrected chi connectivity index (χ4v) is 7.16. The van der Waals surface area contributed by atoms with Crippen molar-refractivity contribution >= 4 is 50.2 Å². The molecular formula is C38H25N3O3. The van der Waals surface area contributed by atoms with Crippen LogP contribution in [0.4, 0.5) is 17.1 Å². The smallest absolute Gasteiger partial charge is 0.267 e. The molecule has 9 rings (SSSR count). The van der Waals surface area contributed by atoms with E-state index in [9.17, 15) is 9.59 Å². The van der Waals surface area contributed by atoms with Crippen LogP contribution in [0, 0.1) is 0 Å². The molecule has 0 amide bonds. The second-order valence-electron chi connectivity index (χ2n) is 11.8. The van der Waals surface area contributed by atoms with Crippen LogP contribution >= 0.6 is 0 Å². The summed E-state index contributed by atoms with van der Waals surface area (Å²) in [7, 11) is 0. The Morgan fingerprint density at radius 3 is 2.32 bits per heavy atom. The lowest BCUT2D eigenvalue weighted by molar-refractivity contribution is 0.474. The van der Waals surface area contributed by atoms with Gasteiger partial charge >= 0.3 is 0 Å². The number of ether oxygens (including phenoxy) is 1. The van der Waals surface area contributed by atoms with Crippen molar-refractivity contribution in [3.63, 3.8) is 0 Å². The van der Waals surface area contributed by atoms with E-state index in [0.29, 0.717) is 22.7 Å². The van der Waals surface area contributed by atoms with Crippen LogP contribution in [-0.2, 0) is 11.8 Å². The first kappa shape index (κ1) is 24.8. The third-order valence-electron chi connectivity index (χ3n) is 9.20. The molecule has 7 aromatic rings. The molecule has 0 radical (unpaired) electrons. The molecule has 0 fully saturated rings. The van der Waals surface area contributed by atoms with E-state index >= 15 is 0 Å². The summed E-state index contributed by atoms with van der Waals surface area (Å²) < 4.78 is 7.91. The SMILES string of the molecule is CC1(c2ccc3c(c2)Oc2ccccc2N3c2ccccc2)C=c2c3ccncc3c(=O)n3c(=O)c4ccccc4c(c23)C1. The molecule has 0 spiro atoms. The molecule has 210 valence electrons. The Morgan fingerprint density at radius 2 is 1.45 bits per heavy atom. The van der Waals surface area contributed by atoms with Gasteiger partial charge in [-0.2, -0.15) is 0 Å². The van der Waals surface area contributed by atoms with Gasteiger partial charge in [0.2, 0.25) is 0 Å². The molecule has 1 unspecified atom stereocenters. The number of rotatable bonds is 2. The summed E-state index contributed by atoms with van der Waals surface area (Å²) in [6, 6.07) is 34.3. The zero-order chi connectivity index (χ0) is 29.6. The molecule has 4 heterocycles. The van der Waals surface area contributed by atoms with E-state index in [1.807, 2.05) is 66.7 Å². The van der Waals surface area contributed by atoms with Gasteiger partial charge in [-0.05, 0) is 76.9 Å². The van der Waals surface area contributed by atoms with Gasteiger partial charge in [0.25, 0.3) is 11.1 Å². The number of benzene rings is 4. The summed E-state index contributed by atoms with van der Waals surface area (Å²) >= 11 is 0. The van der Waals surface area contributed by atoms with E-state index in [-0.39, 0.29) is 11.1 Å². The maximum absolute atomic E-state index is 13.7. The van der Waals surface area contributed by atoms with Crippen LogP contribution in [0.1, 0.15) is 18.1 Å². The van der Waals surface area contributed by atoms with E-state index in [0.717, 1.165) is 55.7 Å². The lowest BCUT2D eigenvalue weighted by Crippen LogP contribution is -2.38. The molecule has 2 aliphatic rings. The summed E-state index contributed by atoms with van der Waals surface area (Å²) in [6.07, 6.45) is 6.10. The van der Waals surface area contributed by atoms with Crippen LogP contribution in [0.5, 0.6) is 11.5 Å². The van der Waals surface area contributed by atoms with E-state index < -0.39 is 5.41 Å². The normalized spacial score (nSPS) is 16.8. The second-order valence-corrected chi connectivity index (χ2v) is 11.8. The van der Waals surface area contributed by atoms with Crippen molar-refractivity contribution in [2.24, 2.45) is 0 Å². The van der Waals surface area contributed by atoms with E-state index in [1.165, 1.54) is 4.40 Å². The predicted octanol–water partition coefficient (Wildman–Crippen LogP) is 6.95. The van der Waals surface area contributed by atoms with Gasteiger partial charge in [0.1, 0.15) is 0 Å². The average Bonchev–Trinajstić information content (AvgIpc) is 3.07. The molecule has 4 aromatic carbocycles. The molecule has 1 aliphatic carbocycles. The fraction of sp³-hybridized carbons (Fsp3) is 0.0789. The number of anilines is 3. The zero-order valence-corrected chi connectivity index (χ0v) is 23.8. The number of hydrogen-bond acceptors (Lipinski definition) is 5. The highest BCUT2D eigenvalue weighted by Crippen LogP contribution is 2.51. The standard InChI is InChI=1S/C38H25N3O3/c1-38(23-15-16-32-34(19-23)44-33-14-8-7-13-31(33)40(32)24-9-3-2-4-10-24)20-28-25-11-5-6-12-27(25)36(42)41-35(28)29(21-38)26-17-18-39-22-30(26)37(41)43/h2-19,21-22H,20H2,1H3. The molecule has 0 bridgehead atoms. The van der Waals surface area contributed by atoms with E-state index in [1.54, 1.807) is 12.4 Å². The van der Waals surface area contributed by atoms with Crippen molar-refractivity contribution < 1.29 is 4.74 Å². The molecular weight excluding hydrogens is 546 g/mol. The topological polar surface area (TPSA) is 63.9 Å². The Bertz CT molecular complexity index is 2510. The third kappa shape index (κ3) is 3.33. The average molecular weight is 572 g/mol. The first-order valence-electron chi connectivity index (χ1n) is 14.7. The molecule has 44 heavy (non-hydrogen) atoms. The van der Waals surface area contributed by atoms with Gasteiger partial charge in [-0.3, -0.25) is 14.6 Å². The molecule has 1 aliphatic heterocycles. The Labute approximate surface area is 251 Å². The molecule has 6 heteroatoms. The van der Waals surface area contributed by atoms with Crippen molar-refractivity contribution in [2.45, 2.75) is 18.8 Å². The zero-order valence-electron chi connectivity index (χ0n) is 23.8. The number of aromatic nitrogens is 2. The quantitative estimate of drug-likeness (QED) is 0.210. The molecule has 1 atom stereocenters. The first-order valence-corrected chi connectivity index (χ1v) is 14.7. The highest BCUT2D eigenvalue weighted by atomic mass is 16.5. The van der Waals surface area contributed by atoms with Gasteiger partial charge in [-0.15, -0.1) is 0 Å². The summed E-state index contributed by atoms with van der Waals surface area (Å²) in [4.78, 5) is 33.9. The van der Waals surface area contributed by atoms with Gasteiger partial charge in [-0.1, -0.05) is 67.6 Å². The van der Waals surface area contributed by atoms with Gasteiger partial charge in [0.15, 0.2) is 11.5 Å². The number of pyridine rings is 3. The minimum Gasteiger partial charge on any atom is -0.453 e. The van der Waals surface area contributed by atoms with Crippen LogP contribution in [0.15, 0.2) is 125 Å². The number of fused-ring (bicyclic) bond motifs is 6. The second kappa shape index (κ2) is 8.88. The molecule has 0 saturated heterocycles. The van der Waals surface area contributed by atoms with Crippen LogP contribution in [0.2, 0.25) is 0 Å². The Morgan fingerprint density at radius 1 is 0.727 bits per heavy atom. The lowest BCUT2D eigenvalue weighted by Gasteiger charge is -2.36. The first-order chi connectivity index (χ1) is 21.5. The largest absolute Gasteiger partial charge is 0.453 e. The molecule has 6 nitrogen and oxygen atoms in total.